The van der Waals surface area contributed by atoms with Crippen LogP contribution in [0.15, 0.2) is 29.4 Å². The smallest absolute Gasteiger partial charge is 0.233 e. The summed E-state index contributed by atoms with van der Waals surface area (Å²) in [6, 6.07) is 7.79. The van der Waals surface area contributed by atoms with Gasteiger partial charge in [0.2, 0.25) is 5.91 Å². The molecule has 0 saturated carbocycles. The molecule has 146 valence electrons. The van der Waals surface area contributed by atoms with Crippen molar-refractivity contribution >= 4 is 17.7 Å². The number of piperidine rings is 1. The molecule has 0 spiro atoms. The van der Waals surface area contributed by atoms with E-state index in [9.17, 15) is 4.79 Å². The fraction of sp³-hybridized carbons (Fsp3) is 0.550. The lowest BCUT2D eigenvalue weighted by Gasteiger charge is -2.34. The van der Waals surface area contributed by atoms with Gasteiger partial charge in [0.05, 0.1) is 12.9 Å². The Morgan fingerprint density at radius 1 is 1.19 bits per heavy atom. The lowest BCUT2D eigenvalue weighted by molar-refractivity contribution is -0.130. The first kappa shape index (κ1) is 19.7. The van der Waals surface area contributed by atoms with Gasteiger partial charge in [-0.15, -0.1) is 10.2 Å². The molecule has 6 nitrogen and oxygen atoms in total. The van der Waals surface area contributed by atoms with Gasteiger partial charge in [-0.05, 0) is 49.4 Å². The lowest BCUT2D eigenvalue weighted by Crippen LogP contribution is -2.43. The minimum absolute atomic E-state index is 0.190. The molecule has 0 N–H and O–H groups in total. The minimum atomic E-state index is 0.190. The zero-order valence-electron chi connectivity index (χ0n) is 16.5. The van der Waals surface area contributed by atoms with E-state index in [2.05, 4.69) is 35.5 Å². The van der Waals surface area contributed by atoms with Crippen LogP contribution in [0.4, 0.5) is 0 Å². The molecule has 0 radical (unpaired) electrons. The maximum atomic E-state index is 12.6. The highest BCUT2D eigenvalue weighted by Gasteiger charge is 2.25. The highest BCUT2D eigenvalue weighted by Crippen LogP contribution is 2.27. The van der Waals surface area contributed by atoms with Crippen molar-refractivity contribution in [1.82, 2.24) is 19.7 Å². The van der Waals surface area contributed by atoms with Crippen LogP contribution < -0.4 is 4.74 Å². The second kappa shape index (κ2) is 8.78. The number of amides is 1. The van der Waals surface area contributed by atoms with E-state index in [0.29, 0.717) is 17.6 Å². The van der Waals surface area contributed by atoms with Gasteiger partial charge in [-0.25, -0.2) is 0 Å². The summed E-state index contributed by atoms with van der Waals surface area (Å²) in [5.41, 5.74) is 0.988. The van der Waals surface area contributed by atoms with E-state index in [4.69, 9.17) is 4.74 Å². The van der Waals surface area contributed by atoms with Gasteiger partial charge in [0.1, 0.15) is 5.75 Å². The number of hydrogen-bond donors (Lipinski definition) is 0. The predicted molar refractivity (Wildman–Crippen MR) is 108 cm³/mol. The van der Waals surface area contributed by atoms with Gasteiger partial charge in [-0.1, -0.05) is 25.6 Å². The fourth-order valence-electron chi connectivity index (χ4n) is 3.72. The van der Waals surface area contributed by atoms with Crippen LogP contribution in [-0.4, -0.2) is 51.5 Å². The molecular formula is C20H28N4O2S. The molecule has 1 saturated heterocycles. The number of hydrogen-bond acceptors (Lipinski definition) is 5. The number of carbonyl (C=O) groups is 1. The fourth-order valence-corrected chi connectivity index (χ4v) is 4.62. The van der Waals surface area contributed by atoms with E-state index in [1.165, 1.54) is 18.2 Å². The van der Waals surface area contributed by atoms with Crippen LogP contribution in [0.1, 0.15) is 27.2 Å². The second-order valence-corrected chi connectivity index (χ2v) is 8.25. The Morgan fingerprint density at radius 2 is 1.85 bits per heavy atom. The average Bonchev–Trinajstić information content (AvgIpc) is 3.08. The number of thioether (sulfide) groups is 1. The van der Waals surface area contributed by atoms with Gasteiger partial charge in [0.25, 0.3) is 0 Å². The SMILES string of the molecule is CCn1c(SCC(=O)N2C[C@H](C)C[C@@H](C)C2)nnc1-c1ccc(OC)cc1. The highest BCUT2D eigenvalue weighted by molar-refractivity contribution is 7.99. The summed E-state index contributed by atoms with van der Waals surface area (Å²) in [5.74, 6) is 3.37. The third-order valence-electron chi connectivity index (χ3n) is 4.93. The number of nitrogens with zero attached hydrogens (tertiary/aromatic N) is 4. The first-order chi connectivity index (χ1) is 13.0. The van der Waals surface area contributed by atoms with Crippen molar-refractivity contribution in [3.05, 3.63) is 24.3 Å². The van der Waals surface area contributed by atoms with Gasteiger partial charge in [0.15, 0.2) is 11.0 Å². The lowest BCUT2D eigenvalue weighted by atomic mass is 9.92. The van der Waals surface area contributed by atoms with Crippen LogP contribution in [0.2, 0.25) is 0 Å². The Labute approximate surface area is 165 Å². The molecule has 1 amide bonds. The summed E-state index contributed by atoms with van der Waals surface area (Å²) in [6.45, 7) is 8.98. The zero-order chi connectivity index (χ0) is 19.4. The number of rotatable bonds is 6. The number of benzene rings is 1. The van der Waals surface area contributed by atoms with Crippen LogP contribution in [0, 0.1) is 11.8 Å². The maximum Gasteiger partial charge on any atom is 0.233 e. The molecule has 1 aliphatic rings. The first-order valence-corrected chi connectivity index (χ1v) is 10.5. The molecule has 7 heteroatoms. The van der Waals surface area contributed by atoms with Crippen LogP contribution in [0.5, 0.6) is 5.75 Å². The Bertz CT molecular complexity index is 765. The average molecular weight is 389 g/mol. The van der Waals surface area contributed by atoms with E-state index in [-0.39, 0.29) is 5.91 Å². The van der Waals surface area contributed by atoms with Crippen molar-refractivity contribution in [3.8, 4) is 17.1 Å². The molecule has 0 unspecified atom stereocenters. The third kappa shape index (κ3) is 4.64. The summed E-state index contributed by atoms with van der Waals surface area (Å²) in [6.07, 6.45) is 1.20. The molecule has 1 aromatic heterocycles. The van der Waals surface area contributed by atoms with Gasteiger partial charge in [-0.3, -0.25) is 4.79 Å². The summed E-state index contributed by atoms with van der Waals surface area (Å²) in [5, 5.41) is 9.47. The number of carbonyl (C=O) groups excluding carboxylic acids is 1. The third-order valence-corrected chi connectivity index (χ3v) is 5.88. The number of methoxy groups -OCH3 is 1. The molecule has 3 rings (SSSR count). The van der Waals surface area contributed by atoms with E-state index in [1.807, 2.05) is 29.2 Å². The first-order valence-electron chi connectivity index (χ1n) is 9.50. The standard InChI is InChI=1S/C20H28N4O2S/c1-5-24-19(16-6-8-17(26-4)9-7-16)21-22-20(24)27-13-18(25)23-11-14(2)10-15(3)12-23/h6-9,14-15H,5,10-13H2,1-4H3/t14-,15-/m1/s1. The van der Waals surface area contributed by atoms with Crippen molar-refractivity contribution in [1.29, 1.82) is 0 Å². The molecule has 1 fully saturated rings. The van der Waals surface area contributed by atoms with Gasteiger partial charge in [0, 0.05) is 25.2 Å². The van der Waals surface area contributed by atoms with Crippen LogP contribution >= 0.6 is 11.8 Å². The number of likely N-dealkylation sites (tertiary alicyclic amines) is 1. The number of aromatic nitrogens is 3. The quantitative estimate of drug-likeness (QED) is 0.708. The van der Waals surface area contributed by atoms with Crippen molar-refractivity contribution < 1.29 is 9.53 Å². The van der Waals surface area contributed by atoms with E-state index < -0.39 is 0 Å². The maximum absolute atomic E-state index is 12.6. The Kier molecular flexibility index (Phi) is 6.42. The van der Waals surface area contributed by atoms with Gasteiger partial charge < -0.3 is 14.2 Å². The van der Waals surface area contributed by atoms with Crippen molar-refractivity contribution in [2.24, 2.45) is 11.8 Å². The largest absolute Gasteiger partial charge is 0.497 e. The summed E-state index contributed by atoms with van der Waals surface area (Å²) >= 11 is 1.47. The van der Waals surface area contributed by atoms with Crippen molar-refractivity contribution in [2.45, 2.75) is 38.9 Å². The molecule has 2 atom stereocenters. The summed E-state index contributed by atoms with van der Waals surface area (Å²) in [4.78, 5) is 14.6. The molecule has 0 aliphatic carbocycles. The van der Waals surface area contributed by atoms with Crippen LogP contribution in [0.25, 0.3) is 11.4 Å². The van der Waals surface area contributed by atoms with Crippen molar-refractivity contribution in [2.75, 3.05) is 26.0 Å². The van der Waals surface area contributed by atoms with Gasteiger partial charge >= 0.3 is 0 Å². The molecule has 1 aliphatic heterocycles. The molecule has 2 heterocycles. The monoisotopic (exact) mass is 388 g/mol. The normalized spacial score (nSPS) is 19.9. The van der Waals surface area contributed by atoms with Gasteiger partial charge in [-0.2, -0.15) is 0 Å². The molecule has 27 heavy (non-hydrogen) atoms. The van der Waals surface area contributed by atoms with E-state index in [1.54, 1.807) is 7.11 Å². The minimum Gasteiger partial charge on any atom is -0.497 e. The number of ether oxygens (including phenoxy) is 1. The Balaban J connectivity index is 1.68. The molecule has 0 bridgehead atoms. The summed E-state index contributed by atoms with van der Waals surface area (Å²) < 4.78 is 7.27. The zero-order valence-corrected chi connectivity index (χ0v) is 17.3. The highest BCUT2D eigenvalue weighted by atomic mass is 32.2. The second-order valence-electron chi connectivity index (χ2n) is 7.31. The summed E-state index contributed by atoms with van der Waals surface area (Å²) in [7, 11) is 1.65. The van der Waals surface area contributed by atoms with Crippen LogP contribution in [0.3, 0.4) is 0 Å². The molecular weight excluding hydrogens is 360 g/mol. The predicted octanol–water partition coefficient (Wildman–Crippen LogP) is 3.57. The molecule has 2 aromatic rings. The van der Waals surface area contributed by atoms with E-state index >= 15 is 0 Å². The molecule has 1 aromatic carbocycles. The van der Waals surface area contributed by atoms with Crippen molar-refractivity contribution in [3.63, 3.8) is 0 Å². The van der Waals surface area contributed by atoms with E-state index in [0.717, 1.165) is 41.9 Å². The van der Waals surface area contributed by atoms with Crippen LogP contribution in [-0.2, 0) is 11.3 Å². The Hall–Kier alpha value is -2.02. The Morgan fingerprint density at radius 3 is 2.44 bits per heavy atom. The topological polar surface area (TPSA) is 60.2 Å².